The maximum absolute atomic E-state index is 11.8. The van der Waals surface area contributed by atoms with Gasteiger partial charge >= 0.3 is 0 Å². The Labute approximate surface area is 120 Å². The molecule has 100 valence electrons. The van der Waals surface area contributed by atoms with E-state index in [-0.39, 0.29) is 5.91 Å². The summed E-state index contributed by atoms with van der Waals surface area (Å²) < 4.78 is 2.50. The standard InChI is InChI=1S/C13H15BrN4O/c1-8-6-12(9(14)7-10(8)15)18-5-4-11(16-18)13(19)17(2)3/h4-7H,15H2,1-3H3. The average Bonchev–Trinajstić information content (AvgIpc) is 2.81. The lowest BCUT2D eigenvalue weighted by atomic mass is 10.2. The molecule has 0 aliphatic rings. The van der Waals surface area contributed by atoms with Crippen LogP contribution in [0.1, 0.15) is 16.1 Å². The SMILES string of the molecule is Cc1cc(-n2ccc(C(=O)N(C)C)n2)c(Br)cc1N. The number of carbonyl (C=O) groups is 1. The van der Waals surface area contributed by atoms with Crippen LogP contribution in [0, 0.1) is 6.92 Å². The first-order chi connectivity index (χ1) is 8.90. The van der Waals surface area contributed by atoms with E-state index in [1.54, 1.807) is 31.0 Å². The van der Waals surface area contributed by atoms with Gasteiger partial charge in [-0.1, -0.05) is 0 Å². The Morgan fingerprint density at radius 2 is 2.11 bits per heavy atom. The van der Waals surface area contributed by atoms with Crippen molar-refractivity contribution in [1.29, 1.82) is 0 Å². The third-order valence-electron chi connectivity index (χ3n) is 2.80. The number of hydrogen-bond acceptors (Lipinski definition) is 3. The second-order valence-corrected chi connectivity index (χ2v) is 5.36. The van der Waals surface area contributed by atoms with Crippen molar-refractivity contribution < 1.29 is 4.79 Å². The van der Waals surface area contributed by atoms with Gasteiger partial charge in [0.05, 0.1) is 5.69 Å². The first-order valence-corrected chi connectivity index (χ1v) is 6.52. The van der Waals surface area contributed by atoms with Crippen LogP contribution >= 0.6 is 15.9 Å². The van der Waals surface area contributed by atoms with Crippen molar-refractivity contribution in [2.24, 2.45) is 0 Å². The highest BCUT2D eigenvalue weighted by Gasteiger charge is 2.13. The number of halogens is 1. The lowest BCUT2D eigenvalue weighted by Gasteiger charge is -2.09. The molecular weight excluding hydrogens is 308 g/mol. The topological polar surface area (TPSA) is 64.2 Å². The summed E-state index contributed by atoms with van der Waals surface area (Å²) in [6.07, 6.45) is 1.76. The smallest absolute Gasteiger partial charge is 0.273 e. The van der Waals surface area contributed by atoms with Gasteiger partial charge in [0.1, 0.15) is 0 Å². The molecule has 0 fully saturated rings. The molecule has 0 aliphatic heterocycles. The molecule has 2 N–H and O–H groups in total. The van der Waals surface area contributed by atoms with Gasteiger partial charge in [0.2, 0.25) is 0 Å². The number of nitrogens with zero attached hydrogens (tertiary/aromatic N) is 3. The Kier molecular flexibility index (Phi) is 3.61. The minimum atomic E-state index is -0.123. The van der Waals surface area contributed by atoms with E-state index in [2.05, 4.69) is 21.0 Å². The van der Waals surface area contributed by atoms with Crippen LogP contribution in [-0.2, 0) is 0 Å². The van der Waals surface area contributed by atoms with Gasteiger partial charge in [-0.25, -0.2) is 4.68 Å². The van der Waals surface area contributed by atoms with Crippen molar-refractivity contribution in [2.45, 2.75) is 6.92 Å². The van der Waals surface area contributed by atoms with Crippen LogP contribution in [0.25, 0.3) is 5.69 Å². The first kappa shape index (κ1) is 13.6. The molecule has 2 aromatic rings. The van der Waals surface area contributed by atoms with Gasteiger partial charge in [-0.15, -0.1) is 0 Å². The van der Waals surface area contributed by atoms with E-state index >= 15 is 0 Å². The summed E-state index contributed by atoms with van der Waals surface area (Å²) in [7, 11) is 3.40. The third kappa shape index (κ3) is 2.63. The van der Waals surface area contributed by atoms with Gasteiger partial charge in [0.15, 0.2) is 5.69 Å². The van der Waals surface area contributed by atoms with Gasteiger partial charge in [-0.05, 0) is 46.6 Å². The number of nitrogens with two attached hydrogens (primary N) is 1. The summed E-state index contributed by atoms with van der Waals surface area (Å²) in [5.41, 5.74) is 8.78. The number of nitrogen functional groups attached to an aromatic ring is 1. The molecule has 0 spiro atoms. The van der Waals surface area contributed by atoms with Crippen molar-refractivity contribution in [3.8, 4) is 5.69 Å². The molecule has 0 saturated carbocycles. The average molecular weight is 323 g/mol. The minimum absolute atomic E-state index is 0.123. The second-order valence-electron chi connectivity index (χ2n) is 4.51. The molecule has 0 saturated heterocycles. The molecule has 0 unspecified atom stereocenters. The normalized spacial score (nSPS) is 10.5. The van der Waals surface area contributed by atoms with Crippen LogP contribution in [0.3, 0.4) is 0 Å². The van der Waals surface area contributed by atoms with Gasteiger partial charge in [-0.3, -0.25) is 4.79 Å². The van der Waals surface area contributed by atoms with Crippen LogP contribution in [0.15, 0.2) is 28.9 Å². The van der Waals surface area contributed by atoms with Crippen LogP contribution < -0.4 is 5.73 Å². The fraction of sp³-hybridized carbons (Fsp3) is 0.231. The van der Waals surface area contributed by atoms with E-state index in [0.29, 0.717) is 11.4 Å². The number of anilines is 1. The molecule has 1 aromatic heterocycles. The molecule has 2 rings (SSSR count). The maximum atomic E-state index is 11.8. The molecule has 6 heteroatoms. The van der Waals surface area contributed by atoms with Crippen LogP contribution in [0.4, 0.5) is 5.69 Å². The summed E-state index contributed by atoms with van der Waals surface area (Å²) in [5.74, 6) is -0.123. The summed E-state index contributed by atoms with van der Waals surface area (Å²) in [6, 6.07) is 5.45. The van der Waals surface area contributed by atoms with E-state index in [9.17, 15) is 4.79 Å². The van der Waals surface area contributed by atoms with E-state index in [0.717, 1.165) is 15.7 Å². The van der Waals surface area contributed by atoms with Gasteiger partial charge < -0.3 is 10.6 Å². The molecule has 5 nitrogen and oxygen atoms in total. The fourth-order valence-corrected chi connectivity index (χ4v) is 2.20. The van der Waals surface area contributed by atoms with E-state index in [1.165, 1.54) is 4.90 Å². The fourth-order valence-electron chi connectivity index (χ4n) is 1.66. The maximum Gasteiger partial charge on any atom is 0.273 e. The number of aryl methyl sites for hydroxylation is 1. The highest BCUT2D eigenvalue weighted by molar-refractivity contribution is 9.10. The molecule has 0 aliphatic carbocycles. The Hall–Kier alpha value is -1.82. The van der Waals surface area contributed by atoms with Crippen molar-refractivity contribution in [1.82, 2.24) is 14.7 Å². The van der Waals surface area contributed by atoms with Crippen molar-refractivity contribution in [2.75, 3.05) is 19.8 Å². The number of amides is 1. The summed E-state index contributed by atoms with van der Waals surface area (Å²) in [4.78, 5) is 13.3. The minimum Gasteiger partial charge on any atom is -0.398 e. The summed E-state index contributed by atoms with van der Waals surface area (Å²) in [5, 5.41) is 4.29. The first-order valence-electron chi connectivity index (χ1n) is 5.73. The Bertz CT molecular complexity index is 634. The highest BCUT2D eigenvalue weighted by atomic mass is 79.9. The zero-order valence-electron chi connectivity index (χ0n) is 11.0. The molecule has 19 heavy (non-hydrogen) atoms. The lowest BCUT2D eigenvalue weighted by molar-refractivity contribution is 0.0821. The Morgan fingerprint density at radius 1 is 1.42 bits per heavy atom. The number of carbonyl (C=O) groups excluding carboxylic acids is 1. The van der Waals surface area contributed by atoms with Crippen LogP contribution in [0.5, 0.6) is 0 Å². The Morgan fingerprint density at radius 3 is 2.74 bits per heavy atom. The Balaban J connectivity index is 2.44. The number of rotatable bonds is 2. The van der Waals surface area contributed by atoms with Gasteiger partial charge in [0, 0.05) is 30.5 Å². The van der Waals surface area contributed by atoms with E-state index in [4.69, 9.17) is 5.73 Å². The molecular formula is C13H15BrN4O. The number of aromatic nitrogens is 2. The highest BCUT2D eigenvalue weighted by Crippen LogP contribution is 2.26. The molecule has 0 atom stereocenters. The molecule has 1 aromatic carbocycles. The molecule has 0 radical (unpaired) electrons. The largest absolute Gasteiger partial charge is 0.398 e. The van der Waals surface area contributed by atoms with Gasteiger partial charge in [0.25, 0.3) is 5.91 Å². The van der Waals surface area contributed by atoms with Crippen molar-refractivity contribution in [3.05, 3.63) is 40.1 Å². The summed E-state index contributed by atoms with van der Waals surface area (Å²) in [6.45, 7) is 1.93. The second kappa shape index (κ2) is 5.05. The van der Waals surface area contributed by atoms with Crippen LogP contribution in [0.2, 0.25) is 0 Å². The molecule has 1 heterocycles. The van der Waals surface area contributed by atoms with E-state index in [1.807, 2.05) is 19.1 Å². The van der Waals surface area contributed by atoms with Crippen molar-refractivity contribution >= 4 is 27.5 Å². The quantitative estimate of drug-likeness (QED) is 0.862. The third-order valence-corrected chi connectivity index (χ3v) is 3.43. The zero-order valence-corrected chi connectivity index (χ0v) is 12.6. The van der Waals surface area contributed by atoms with Crippen LogP contribution in [-0.4, -0.2) is 34.7 Å². The van der Waals surface area contributed by atoms with Gasteiger partial charge in [-0.2, -0.15) is 5.10 Å². The number of hydrogen-bond donors (Lipinski definition) is 1. The predicted octanol–water partition coefficient (Wildman–Crippen LogP) is 2.23. The lowest BCUT2D eigenvalue weighted by Crippen LogP contribution is -2.22. The van der Waals surface area contributed by atoms with E-state index < -0.39 is 0 Å². The summed E-state index contributed by atoms with van der Waals surface area (Å²) >= 11 is 3.46. The number of benzene rings is 1. The zero-order chi connectivity index (χ0) is 14.2. The molecule has 1 amide bonds. The predicted molar refractivity (Wildman–Crippen MR) is 78.4 cm³/mol. The van der Waals surface area contributed by atoms with Crippen molar-refractivity contribution in [3.63, 3.8) is 0 Å². The molecule has 0 bridgehead atoms. The monoisotopic (exact) mass is 322 g/mol.